The monoisotopic (exact) mass is 336 g/mol. The summed E-state index contributed by atoms with van der Waals surface area (Å²) in [6.07, 6.45) is 2.98. The lowest BCUT2D eigenvalue weighted by molar-refractivity contribution is 0.288. The summed E-state index contributed by atoms with van der Waals surface area (Å²) >= 11 is 0. The summed E-state index contributed by atoms with van der Waals surface area (Å²) in [7, 11) is -3.06. The number of fused-ring (bicyclic) bond motifs is 1. The van der Waals surface area contributed by atoms with Crippen molar-refractivity contribution in [3.8, 4) is 0 Å². The molecule has 0 radical (unpaired) electrons. The van der Waals surface area contributed by atoms with Gasteiger partial charge in [-0.2, -0.15) is 0 Å². The Morgan fingerprint density at radius 1 is 1.26 bits per heavy atom. The summed E-state index contributed by atoms with van der Waals surface area (Å²) in [6.45, 7) is 4.93. The van der Waals surface area contributed by atoms with E-state index in [9.17, 15) is 8.42 Å². The number of aromatic nitrogens is 2. The Kier molecular flexibility index (Phi) is 4.70. The van der Waals surface area contributed by atoms with E-state index in [1.165, 1.54) is 11.8 Å². The number of nitrogens with zero attached hydrogens (tertiary/aromatic N) is 3. The molecular formula is C16H24N4O2S. The molecule has 0 saturated carbocycles. The number of aryl methyl sites for hydroxylation is 1. The van der Waals surface area contributed by atoms with Crippen molar-refractivity contribution in [3.05, 3.63) is 30.1 Å². The zero-order valence-electron chi connectivity index (χ0n) is 13.7. The quantitative estimate of drug-likeness (QED) is 0.900. The van der Waals surface area contributed by atoms with Crippen LogP contribution in [0.2, 0.25) is 0 Å². The lowest BCUT2D eigenvalue weighted by Crippen LogP contribution is -2.44. The maximum atomic E-state index is 11.5. The van der Waals surface area contributed by atoms with Gasteiger partial charge >= 0.3 is 0 Å². The second kappa shape index (κ2) is 6.59. The van der Waals surface area contributed by atoms with Gasteiger partial charge in [0, 0.05) is 25.7 Å². The smallest absolute Gasteiger partial charge is 0.211 e. The molecule has 7 heteroatoms. The average molecular weight is 336 g/mol. The topological polar surface area (TPSA) is 67.2 Å². The summed E-state index contributed by atoms with van der Waals surface area (Å²) in [6, 6.07) is 8.52. The first kappa shape index (κ1) is 16.4. The van der Waals surface area contributed by atoms with Crippen LogP contribution in [0.1, 0.15) is 25.6 Å². The number of para-hydroxylation sites is 2. The lowest BCUT2D eigenvalue weighted by atomic mass is 10.1. The second-order valence-electron chi connectivity index (χ2n) is 6.08. The molecular weight excluding hydrogens is 312 g/mol. The number of imidazole rings is 1. The first-order valence-electron chi connectivity index (χ1n) is 8.11. The minimum absolute atomic E-state index is 0.345. The van der Waals surface area contributed by atoms with E-state index < -0.39 is 10.0 Å². The normalized spacial score (nSPS) is 17.8. The van der Waals surface area contributed by atoms with Crippen LogP contribution in [-0.2, 0) is 23.1 Å². The molecule has 126 valence electrons. The molecule has 1 aromatic heterocycles. The molecule has 1 saturated heterocycles. The van der Waals surface area contributed by atoms with E-state index in [1.807, 2.05) is 18.2 Å². The van der Waals surface area contributed by atoms with Crippen LogP contribution in [0.4, 0.5) is 0 Å². The van der Waals surface area contributed by atoms with E-state index in [-0.39, 0.29) is 0 Å². The van der Waals surface area contributed by atoms with Gasteiger partial charge in [-0.25, -0.2) is 17.7 Å². The Morgan fingerprint density at radius 3 is 2.61 bits per heavy atom. The Bertz CT molecular complexity index is 776. The van der Waals surface area contributed by atoms with Gasteiger partial charge in [0.05, 0.1) is 23.8 Å². The van der Waals surface area contributed by atoms with Crippen molar-refractivity contribution in [3.63, 3.8) is 0 Å². The third-order valence-electron chi connectivity index (χ3n) is 4.52. The molecule has 0 aliphatic carbocycles. The number of rotatable bonds is 5. The van der Waals surface area contributed by atoms with Gasteiger partial charge in [-0.15, -0.1) is 0 Å². The summed E-state index contributed by atoms with van der Waals surface area (Å²) in [5.74, 6) is 1.04. The molecule has 2 aromatic rings. The SMILES string of the molecule is CCn1c(CNC2CCN(S(C)(=O)=O)CC2)nc2ccccc21. The van der Waals surface area contributed by atoms with Gasteiger partial charge in [0.25, 0.3) is 0 Å². The Balaban J connectivity index is 1.63. The van der Waals surface area contributed by atoms with Crippen molar-refractivity contribution >= 4 is 21.1 Å². The summed E-state index contributed by atoms with van der Waals surface area (Å²) in [4.78, 5) is 4.72. The number of piperidine rings is 1. The fourth-order valence-corrected chi connectivity index (χ4v) is 4.11. The zero-order valence-corrected chi connectivity index (χ0v) is 14.5. The predicted octanol–water partition coefficient (Wildman–Crippen LogP) is 1.57. The summed E-state index contributed by atoms with van der Waals surface area (Å²) in [5.41, 5.74) is 2.19. The molecule has 3 rings (SSSR count). The van der Waals surface area contributed by atoms with Crippen LogP contribution in [0, 0.1) is 0 Å². The first-order valence-corrected chi connectivity index (χ1v) is 9.96. The van der Waals surface area contributed by atoms with Crippen LogP contribution in [0.15, 0.2) is 24.3 Å². The number of hydrogen-bond donors (Lipinski definition) is 1. The van der Waals surface area contributed by atoms with Gasteiger partial charge < -0.3 is 9.88 Å². The van der Waals surface area contributed by atoms with Gasteiger partial charge in [0.1, 0.15) is 5.82 Å². The number of nitrogens with one attached hydrogen (secondary N) is 1. The van der Waals surface area contributed by atoms with E-state index in [1.54, 1.807) is 4.31 Å². The Labute approximate surface area is 137 Å². The van der Waals surface area contributed by atoms with Crippen LogP contribution in [0.5, 0.6) is 0 Å². The fourth-order valence-electron chi connectivity index (χ4n) is 3.24. The summed E-state index contributed by atoms with van der Waals surface area (Å²) in [5, 5.41) is 3.54. The second-order valence-corrected chi connectivity index (χ2v) is 8.06. The standard InChI is InChI=1S/C16H24N4O2S/c1-3-20-15-7-5-4-6-14(15)18-16(20)12-17-13-8-10-19(11-9-13)23(2,21)22/h4-7,13,17H,3,8-12H2,1-2H3. The first-order chi connectivity index (χ1) is 11.0. The van der Waals surface area contributed by atoms with Crippen LogP contribution in [0.25, 0.3) is 11.0 Å². The molecule has 2 heterocycles. The van der Waals surface area contributed by atoms with Gasteiger partial charge in [0.15, 0.2) is 0 Å². The van der Waals surface area contributed by atoms with Crippen molar-refractivity contribution in [1.29, 1.82) is 0 Å². The predicted molar refractivity (Wildman–Crippen MR) is 91.7 cm³/mol. The van der Waals surface area contributed by atoms with Crippen molar-refractivity contribution in [1.82, 2.24) is 19.2 Å². The Hall–Kier alpha value is -1.44. The van der Waals surface area contributed by atoms with Crippen molar-refractivity contribution in [2.45, 2.75) is 38.9 Å². The van der Waals surface area contributed by atoms with E-state index in [0.717, 1.165) is 30.7 Å². The van der Waals surface area contributed by atoms with Gasteiger partial charge in [-0.1, -0.05) is 12.1 Å². The lowest BCUT2D eigenvalue weighted by Gasteiger charge is -2.30. The zero-order chi connectivity index (χ0) is 16.4. The molecule has 0 amide bonds. The third kappa shape index (κ3) is 3.57. The van der Waals surface area contributed by atoms with Gasteiger partial charge in [0.2, 0.25) is 10.0 Å². The minimum atomic E-state index is -3.06. The van der Waals surface area contributed by atoms with Crippen LogP contribution in [0.3, 0.4) is 0 Å². The van der Waals surface area contributed by atoms with E-state index >= 15 is 0 Å². The molecule has 0 unspecified atom stereocenters. The number of sulfonamides is 1. The third-order valence-corrected chi connectivity index (χ3v) is 5.82. The van der Waals surface area contributed by atoms with Gasteiger partial charge in [-0.05, 0) is 31.9 Å². The Morgan fingerprint density at radius 2 is 1.96 bits per heavy atom. The molecule has 0 bridgehead atoms. The molecule has 0 atom stereocenters. The van der Waals surface area contributed by atoms with E-state index in [0.29, 0.717) is 25.7 Å². The van der Waals surface area contributed by atoms with E-state index in [2.05, 4.69) is 22.9 Å². The van der Waals surface area contributed by atoms with Crippen LogP contribution in [-0.4, -0.2) is 47.7 Å². The molecule has 1 aliphatic rings. The van der Waals surface area contributed by atoms with Crippen LogP contribution >= 0.6 is 0 Å². The highest BCUT2D eigenvalue weighted by molar-refractivity contribution is 7.88. The maximum Gasteiger partial charge on any atom is 0.211 e. The molecule has 1 aromatic carbocycles. The molecule has 23 heavy (non-hydrogen) atoms. The number of hydrogen-bond acceptors (Lipinski definition) is 4. The van der Waals surface area contributed by atoms with Gasteiger partial charge in [-0.3, -0.25) is 0 Å². The highest BCUT2D eigenvalue weighted by Gasteiger charge is 2.24. The summed E-state index contributed by atoms with van der Waals surface area (Å²) < 4.78 is 26.9. The van der Waals surface area contributed by atoms with E-state index in [4.69, 9.17) is 4.98 Å². The molecule has 1 fully saturated rings. The molecule has 6 nitrogen and oxygen atoms in total. The average Bonchev–Trinajstić information content (AvgIpc) is 2.90. The minimum Gasteiger partial charge on any atom is -0.327 e. The maximum absolute atomic E-state index is 11.5. The fraction of sp³-hybridized carbons (Fsp3) is 0.562. The number of benzene rings is 1. The van der Waals surface area contributed by atoms with Crippen molar-refractivity contribution < 1.29 is 8.42 Å². The molecule has 1 N–H and O–H groups in total. The van der Waals surface area contributed by atoms with Crippen molar-refractivity contribution in [2.24, 2.45) is 0 Å². The van der Waals surface area contributed by atoms with Crippen LogP contribution < -0.4 is 5.32 Å². The molecule has 1 aliphatic heterocycles. The largest absolute Gasteiger partial charge is 0.327 e. The highest BCUT2D eigenvalue weighted by Crippen LogP contribution is 2.17. The van der Waals surface area contributed by atoms with Crippen molar-refractivity contribution in [2.75, 3.05) is 19.3 Å². The highest BCUT2D eigenvalue weighted by atomic mass is 32.2. The molecule has 0 spiro atoms.